The summed E-state index contributed by atoms with van der Waals surface area (Å²) in [6, 6.07) is 6.08. The molecule has 1 saturated heterocycles. The van der Waals surface area contributed by atoms with Crippen molar-refractivity contribution in [3.8, 4) is 0 Å². The Hall–Kier alpha value is -0.640. The summed E-state index contributed by atoms with van der Waals surface area (Å²) in [6.07, 6.45) is 2.41. The highest BCUT2D eigenvalue weighted by molar-refractivity contribution is 6.31. The molecule has 106 valence electrons. The van der Waals surface area contributed by atoms with Gasteiger partial charge in [-0.1, -0.05) is 37.6 Å². The molecule has 1 N–H and O–H groups in total. The molecule has 1 aromatic rings. The van der Waals surface area contributed by atoms with Crippen LogP contribution in [0.2, 0.25) is 5.02 Å². The molecule has 1 aromatic carbocycles. The molecule has 0 spiro atoms. The van der Waals surface area contributed by atoms with Crippen molar-refractivity contribution in [3.05, 3.63) is 34.6 Å². The number of rotatable bonds is 5. The first-order valence-electron chi connectivity index (χ1n) is 6.98. The highest BCUT2D eigenvalue weighted by Gasteiger charge is 2.25. The van der Waals surface area contributed by atoms with Crippen molar-refractivity contribution in [2.24, 2.45) is 0 Å². The Kier molecular flexibility index (Phi) is 5.20. The van der Waals surface area contributed by atoms with Crippen LogP contribution in [0.1, 0.15) is 32.3 Å². The van der Waals surface area contributed by atoms with Crippen LogP contribution in [-0.4, -0.2) is 30.1 Å². The fourth-order valence-corrected chi connectivity index (χ4v) is 2.78. The fraction of sp³-hybridized carbons (Fsp3) is 0.600. The molecule has 0 radical (unpaired) electrons. The molecule has 2 nitrogen and oxygen atoms in total. The topological polar surface area (TPSA) is 15.3 Å². The first-order chi connectivity index (χ1) is 9.08. The Morgan fingerprint density at radius 1 is 1.47 bits per heavy atom. The molecule has 0 amide bonds. The number of halogens is 2. The van der Waals surface area contributed by atoms with Crippen LogP contribution in [0, 0.1) is 5.82 Å². The zero-order chi connectivity index (χ0) is 13.8. The maximum absolute atomic E-state index is 13.4. The Balaban J connectivity index is 1.99. The summed E-state index contributed by atoms with van der Waals surface area (Å²) in [7, 11) is 0. The van der Waals surface area contributed by atoms with Gasteiger partial charge in [-0.25, -0.2) is 4.39 Å². The van der Waals surface area contributed by atoms with E-state index in [9.17, 15) is 4.39 Å². The lowest BCUT2D eigenvalue weighted by Gasteiger charge is -2.26. The van der Waals surface area contributed by atoms with E-state index >= 15 is 0 Å². The Bertz CT molecular complexity index is 423. The molecular weight excluding hydrogens is 263 g/mol. The van der Waals surface area contributed by atoms with Gasteiger partial charge in [0, 0.05) is 25.2 Å². The van der Waals surface area contributed by atoms with Crippen LogP contribution in [0.15, 0.2) is 18.2 Å². The Morgan fingerprint density at radius 3 is 3.00 bits per heavy atom. The standard InChI is InChI=1S/C15H22ClFN2/c1-11(2)18-9-13-6-4-8-19(13)10-12-5-3-7-14(17)15(12)16/h3,5,7,11,13,18H,4,6,8-10H2,1-2H3. The molecule has 19 heavy (non-hydrogen) atoms. The summed E-state index contributed by atoms with van der Waals surface area (Å²) < 4.78 is 13.4. The molecular formula is C15H22ClFN2. The highest BCUT2D eigenvalue weighted by atomic mass is 35.5. The van der Waals surface area contributed by atoms with Crippen LogP contribution in [0.5, 0.6) is 0 Å². The largest absolute Gasteiger partial charge is 0.313 e. The molecule has 1 heterocycles. The van der Waals surface area contributed by atoms with Gasteiger partial charge < -0.3 is 5.32 Å². The smallest absolute Gasteiger partial charge is 0.142 e. The number of likely N-dealkylation sites (tertiary alicyclic amines) is 1. The lowest BCUT2D eigenvalue weighted by Crippen LogP contribution is -2.39. The summed E-state index contributed by atoms with van der Waals surface area (Å²) >= 11 is 6.03. The molecule has 0 saturated carbocycles. The van der Waals surface area contributed by atoms with Crippen molar-refractivity contribution in [3.63, 3.8) is 0 Å². The van der Waals surface area contributed by atoms with E-state index in [1.807, 2.05) is 6.07 Å². The molecule has 4 heteroatoms. The van der Waals surface area contributed by atoms with Gasteiger partial charge in [-0.3, -0.25) is 4.90 Å². The first kappa shape index (κ1) is 14.8. The number of nitrogens with one attached hydrogen (secondary N) is 1. The van der Waals surface area contributed by atoms with Gasteiger partial charge in [-0.05, 0) is 31.0 Å². The molecule has 0 aromatic heterocycles. The summed E-state index contributed by atoms with van der Waals surface area (Å²) in [6.45, 7) is 7.11. The quantitative estimate of drug-likeness (QED) is 0.891. The van der Waals surface area contributed by atoms with E-state index in [0.29, 0.717) is 12.1 Å². The van der Waals surface area contributed by atoms with E-state index < -0.39 is 0 Å². The predicted molar refractivity (Wildman–Crippen MR) is 78.0 cm³/mol. The van der Waals surface area contributed by atoms with Gasteiger partial charge in [-0.15, -0.1) is 0 Å². The fourth-order valence-electron chi connectivity index (χ4n) is 2.60. The minimum Gasteiger partial charge on any atom is -0.313 e. The van der Waals surface area contributed by atoms with Crippen LogP contribution >= 0.6 is 11.6 Å². The molecule has 1 atom stereocenters. The molecule has 1 aliphatic heterocycles. The zero-order valence-corrected chi connectivity index (χ0v) is 12.4. The summed E-state index contributed by atoms with van der Waals surface area (Å²) in [5.74, 6) is -0.324. The SMILES string of the molecule is CC(C)NCC1CCCN1Cc1cccc(F)c1Cl. The number of hydrogen-bond acceptors (Lipinski definition) is 2. The van der Waals surface area contributed by atoms with Crippen LogP contribution < -0.4 is 5.32 Å². The maximum atomic E-state index is 13.4. The number of nitrogens with zero attached hydrogens (tertiary/aromatic N) is 1. The normalized spacial score (nSPS) is 20.4. The Morgan fingerprint density at radius 2 is 2.26 bits per heavy atom. The van der Waals surface area contributed by atoms with Crippen molar-refractivity contribution < 1.29 is 4.39 Å². The van der Waals surface area contributed by atoms with Crippen molar-refractivity contribution in [1.82, 2.24) is 10.2 Å². The first-order valence-corrected chi connectivity index (χ1v) is 7.36. The molecule has 0 bridgehead atoms. The second kappa shape index (κ2) is 6.69. The third kappa shape index (κ3) is 3.91. The highest BCUT2D eigenvalue weighted by Crippen LogP contribution is 2.25. The average Bonchev–Trinajstić information content (AvgIpc) is 2.80. The van der Waals surface area contributed by atoms with Crippen LogP contribution in [0.4, 0.5) is 4.39 Å². The van der Waals surface area contributed by atoms with E-state index in [1.165, 1.54) is 18.9 Å². The van der Waals surface area contributed by atoms with Gasteiger partial charge in [0.2, 0.25) is 0 Å². The molecule has 0 aliphatic carbocycles. The molecule has 1 unspecified atom stereocenters. The van der Waals surface area contributed by atoms with Gasteiger partial charge in [-0.2, -0.15) is 0 Å². The lowest BCUT2D eigenvalue weighted by atomic mass is 10.1. The third-order valence-electron chi connectivity index (χ3n) is 3.67. The van der Waals surface area contributed by atoms with Gasteiger partial charge in [0.05, 0.1) is 5.02 Å². The van der Waals surface area contributed by atoms with Crippen molar-refractivity contribution in [2.45, 2.75) is 45.3 Å². The predicted octanol–water partition coefficient (Wildman–Crippen LogP) is 3.44. The Labute approximate surface area is 119 Å². The van der Waals surface area contributed by atoms with E-state index in [-0.39, 0.29) is 10.8 Å². The summed E-state index contributed by atoms with van der Waals surface area (Å²) in [5.41, 5.74) is 0.887. The second-order valence-electron chi connectivity index (χ2n) is 5.54. The van der Waals surface area contributed by atoms with E-state index in [1.54, 1.807) is 6.07 Å². The molecule has 1 fully saturated rings. The van der Waals surface area contributed by atoms with Gasteiger partial charge in [0.15, 0.2) is 0 Å². The summed E-state index contributed by atoms with van der Waals surface area (Å²) in [4.78, 5) is 2.40. The van der Waals surface area contributed by atoms with Gasteiger partial charge >= 0.3 is 0 Å². The zero-order valence-electron chi connectivity index (χ0n) is 11.6. The molecule has 2 rings (SSSR count). The summed E-state index contributed by atoms with van der Waals surface area (Å²) in [5, 5.41) is 3.75. The van der Waals surface area contributed by atoms with Crippen molar-refractivity contribution in [1.29, 1.82) is 0 Å². The van der Waals surface area contributed by atoms with E-state index in [4.69, 9.17) is 11.6 Å². The monoisotopic (exact) mass is 284 g/mol. The van der Waals surface area contributed by atoms with Crippen LogP contribution in [0.3, 0.4) is 0 Å². The minimum absolute atomic E-state index is 0.268. The van der Waals surface area contributed by atoms with E-state index in [0.717, 1.165) is 25.2 Å². The number of benzene rings is 1. The lowest BCUT2D eigenvalue weighted by molar-refractivity contribution is 0.236. The van der Waals surface area contributed by atoms with E-state index in [2.05, 4.69) is 24.1 Å². The second-order valence-corrected chi connectivity index (χ2v) is 5.92. The van der Waals surface area contributed by atoms with Crippen LogP contribution in [-0.2, 0) is 6.54 Å². The average molecular weight is 285 g/mol. The number of hydrogen-bond donors (Lipinski definition) is 1. The van der Waals surface area contributed by atoms with Crippen LogP contribution in [0.25, 0.3) is 0 Å². The van der Waals surface area contributed by atoms with Crippen molar-refractivity contribution in [2.75, 3.05) is 13.1 Å². The maximum Gasteiger partial charge on any atom is 0.142 e. The molecule has 1 aliphatic rings. The van der Waals surface area contributed by atoms with Gasteiger partial charge in [0.1, 0.15) is 5.82 Å². The van der Waals surface area contributed by atoms with Crippen molar-refractivity contribution >= 4 is 11.6 Å². The third-order valence-corrected chi connectivity index (χ3v) is 4.09. The minimum atomic E-state index is -0.324. The van der Waals surface area contributed by atoms with Gasteiger partial charge in [0.25, 0.3) is 0 Å².